The summed E-state index contributed by atoms with van der Waals surface area (Å²) in [5.41, 5.74) is 9.64. The van der Waals surface area contributed by atoms with Gasteiger partial charge in [0.05, 0.1) is 22.1 Å². The van der Waals surface area contributed by atoms with Crippen LogP contribution in [0.15, 0.2) is 195 Å². The second-order valence-corrected chi connectivity index (χ2v) is 19.6. The smallest absolute Gasteiger partial charge is 0.229 e. The molecule has 0 amide bonds. The van der Waals surface area contributed by atoms with Crippen LogP contribution in [0.1, 0.15) is 41.5 Å². The summed E-state index contributed by atoms with van der Waals surface area (Å²) in [7, 11) is 0. The highest BCUT2D eigenvalue weighted by Crippen LogP contribution is 2.40. The molecule has 14 aromatic rings. The minimum absolute atomic E-state index is 0.537. The zero-order valence-electron chi connectivity index (χ0n) is 45.8. The topological polar surface area (TPSA) is 290 Å². The molecule has 8 aromatic heterocycles. The van der Waals surface area contributed by atoms with Gasteiger partial charge < -0.3 is 31.9 Å². The third kappa shape index (κ3) is 13.3. The Morgan fingerprint density at radius 2 is 0.679 bits per heavy atom. The number of H-pyrrole nitrogens is 4. The fourth-order valence-corrected chi connectivity index (χ4v) is 8.90. The number of aryl methyl sites for hydroxylation is 3. The van der Waals surface area contributed by atoms with Crippen LogP contribution in [0.4, 0.5) is 69.8 Å². The summed E-state index contributed by atoms with van der Waals surface area (Å²) >= 11 is 0. The van der Waals surface area contributed by atoms with Gasteiger partial charge in [-0.1, -0.05) is 84.9 Å². The number of benzene rings is 6. The van der Waals surface area contributed by atoms with Crippen LogP contribution in [-0.2, 0) is 0 Å². The van der Waals surface area contributed by atoms with Gasteiger partial charge in [0.25, 0.3) is 0 Å². The molecule has 6 aromatic carbocycles. The number of para-hydroxylation sites is 6. The van der Waals surface area contributed by atoms with Crippen molar-refractivity contribution in [2.75, 3.05) is 31.9 Å². The highest BCUT2D eigenvalue weighted by atomic mass is 15.2. The molecule has 0 radical (unpaired) electrons. The molecule has 1 fully saturated rings. The third-order valence-corrected chi connectivity index (χ3v) is 13.1. The zero-order chi connectivity index (χ0) is 57.0. The second-order valence-electron chi connectivity index (χ2n) is 19.6. The Morgan fingerprint density at radius 1 is 0.333 bits per heavy atom. The van der Waals surface area contributed by atoms with Crippen molar-refractivity contribution in [3.05, 3.63) is 217 Å². The Morgan fingerprint density at radius 3 is 1.07 bits per heavy atom. The average Bonchev–Trinajstić information content (AvgIpc) is 3.77. The first-order chi connectivity index (χ1) is 41.3. The van der Waals surface area contributed by atoms with E-state index in [0.717, 1.165) is 113 Å². The monoisotopic (exact) mass is 1110 g/mol. The number of aromatic amines is 4. The van der Waals surface area contributed by atoms with Crippen LogP contribution in [0.25, 0.3) is 43.6 Å². The highest BCUT2D eigenvalue weighted by molar-refractivity contribution is 5.94. The first-order valence-corrected chi connectivity index (χ1v) is 27.1. The Balaban J connectivity index is 0.000000112. The first-order valence-electron chi connectivity index (χ1n) is 27.1. The molecule has 1 aliphatic rings. The predicted octanol–water partition coefficient (Wildman–Crippen LogP) is 13.7. The van der Waals surface area contributed by atoms with E-state index < -0.39 is 0 Å². The van der Waals surface area contributed by atoms with E-state index in [1.165, 1.54) is 18.5 Å². The van der Waals surface area contributed by atoms with Gasteiger partial charge >= 0.3 is 0 Å². The molecule has 0 spiro atoms. The summed E-state index contributed by atoms with van der Waals surface area (Å²) in [6, 6.07) is 59.2. The van der Waals surface area contributed by atoms with Gasteiger partial charge in [0.1, 0.15) is 35.9 Å². The second kappa shape index (κ2) is 24.8. The minimum atomic E-state index is 0.537. The molecule has 1 aliphatic carbocycles. The van der Waals surface area contributed by atoms with E-state index in [2.05, 4.69) is 119 Å². The van der Waals surface area contributed by atoms with Crippen molar-refractivity contribution in [2.24, 2.45) is 0 Å². The molecular weight excluding hydrogens is 1050 g/mol. The van der Waals surface area contributed by atoms with Crippen molar-refractivity contribution < 1.29 is 0 Å². The largest absolute Gasteiger partial charge is 0.324 e. The fraction of sp³-hybridized carbons (Fsp3) is 0.0968. The maximum absolute atomic E-state index is 4.67. The molecule has 8 heterocycles. The number of fused-ring (bicyclic) bond motifs is 4. The SMILES string of the molecule is Cc1cc(Nc2nc(Nc3ccccc3)nc3ccccc23)n[nH]1.Cc1cc(Nc2ncnc3ccccc23)n[nH]1.Cc1cc(Nc2ncnc3ccccc23)n[nH]1.c1ccc(Nc2nc(Nc3cc(C4CC4)[nH]n3)c3ccccc3n2)cc1. The van der Waals surface area contributed by atoms with E-state index in [9.17, 15) is 0 Å². The summed E-state index contributed by atoms with van der Waals surface area (Å²) in [5, 5.41) is 52.0. The van der Waals surface area contributed by atoms with Crippen molar-refractivity contribution in [2.45, 2.75) is 39.5 Å². The molecule has 15 rings (SSSR count). The molecule has 22 heteroatoms. The Hall–Kier alpha value is -11.7. The van der Waals surface area contributed by atoms with Crippen molar-refractivity contribution in [3.63, 3.8) is 0 Å². The van der Waals surface area contributed by atoms with Crippen molar-refractivity contribution >= 4 is 113 Å². The van der Waals surface area contributed by atoms with Gasteiger partial charge in [-0.25, -0.2) is 29.9 Å². The lowest BCUT2D eigenvalue weighted by Gasteiger charge is -2.10. The van der Waals surface area contributed by atoms with Crippen molar-refractivity contribution in [1.29, 1.82) is 0 Å². The third-order valence-electron chi connectivity index (χ3n) is 13.1. The summed E-state index contributed by atoms with van der Waals surface area (Å²) in [4.78, 5) is 35.4. The van der Waals surface area contributed by atoms with Crippen molar-refractivity contribution in [1.82, 2.24) is 80.7 Å². The molecule has 1 saturated carbocycles. The number of nitrogens with one attached hydrogen (secondary N) is 10. The maximum Gasteiger partial charge on any atom is 0.229 e. The van der Waals surface area contributed by atoms with E-state index in [0.29, 0.717) is 23.6 Å². The van der Waals surface area contributed by atoms with Crippen LogP contribution in [0.5, 0.6) is 0 Å². The summed E-state index contributed by atoms with van der Waals surface area (Å²) < 4.78 is 0. The van der Waals surface area contributed by atoms with Crippen LogP contribution >= 0.6 is 0 Å². The van der Waals surface area contributed by atoms with Crippen LogP contribution in [0.3, 0.4) is 0 Å². The maximum atomic E-state index is 4.67. The van der Waals surface area contributed by atoms with Gasteiger partial charge in [0, 0.05) is 85.9 Å². The van der Waals surface area contributed by atoms with Crippen LogP contribution in [0.2, 0.25) is 0 Å². The summed E-state index contributed by atoms with van der Waals surface area (Å²) in [5.74, 6) is 7.72. The molecule has 414 valence electrons. The first kappa shape index (κ1) is 53.0. The van der Waals surface area contributed by atoms with Gasteiger partial charge in [-0.05, 0) is 106 Å². The number of rotatable bonds is 13. The Labute approximate surface area is 481 Å². The summed E-state index contributed by atoms with van der Waals surface area (Å²) in [6.07, 6.45) is 5.57. The van der Waals surface area contributed by atoms with E-state index >= 15 is 0 Å². The fourth-order valence-electron chi connectivity index (χ4n) is 8.90. The normalized spacial score (nSPS) is 11.6. The molecule has 0 bridgehead atoms. The number of nitrogens with zero attached hydrogens (tertiary/aromatic N) is 12. The van der Waals surface area contributed by atoms with Gasteiger partial charge in [-0.2, -0.15) is 30.4 Å². The van der Waals surface area contributed by atoms with Gasteiger partial charge in [0.2, 0.25) is 11.9 Å². The van der Waals surface area contributed by atoms with Gasteiger partial charge in [-0.3, -0.25) is 20.4 Å². The molecule has 0 aliphatic heterocycles. The molecule has 22 nitrogen and oxygen atoms in total. The average molecular weight is 1110 g/mol. The number of anilines is 12. The van der Waals surface area contributed by atoms with Crippen LogP contribution < -0.4 is 31.9 Å². The summed E-state index contributed by atoms with van der Waals surface area (Å²) in [6.45, 7) is 5.87. The quantitative estimate of drug-likeness (QED) is 0.0513. The molecule has 10 N–H and O–H groups in total. The zero-order valence-corrected chi connectivity index (χ0v) is 45.8. The molecule has 0 saturated heterocycles. The molecule has 84 heavy (non-hydrogen) atoms. The highest BCUT2D eigenvalue weighted by Gasteiger charge is 2.26. The van der Waals surface area contributed by atoms with E-state index in [4.69, 9.17) is 0 Å². The van der Waals surface area contributed by atoms with Crippen molar-refractivity contribution in [3.8, 4) is 0 Å². The standard InChI is InChI=1S/C20H18N6.C18H16N6.2C12H11N5/c1-2-6-14(7-3-1)21-20-22-16-9-5-4-8-15(16)19(24-20)23-18-12-17(25-26-18)13-10-11-13;1-12-11-16(24-23-12)21-17-14-9-5-6-10-15(14)20-18(22-17)19-13-7-3-2-4-8-13;2*1-8-6-11(17-16-8)15-12-9-4-2-3-5-10(9)13-7-14-12/h1-9,12-13H,10-11H2,(H3,21,22,23,24,25,26);2-11H,1H3,(H3,19,20,21,22,23,24);2*2-7H,1H3,(H2,13,14,15,16,17). The predicted molar refractivity (Wildman–Crippen MR) is 331 cm³/mol. The minimum Gasteiger partial charge on any atom is -0.324 e. The van der Waals surface area contributed by atoms with Crippen LogP contribution in [-0.4, -0.2) is 80.7 Å². The number of hydrogen-bond donors (Lipinski definition) is 10. The lowest BCUT2D eigenvalue weighted by molar-refractivity contribution is 0.966. The number of aromatic nitrogens is 16. The van der Waals surface area contributed by atoms with E-state index in [1.807, 2.05) is 197 Å². The van der Waals surface area contributed by atoms with Gasteiger partial charge in [-0.15, -0.1) is 0 Å². The number of hydrogen-bond acceptors (Lipinski definition) is 18. The molecule has 0 atom stereocenters. The Kier molecular flexibility index (Phi) is 15.6. The van der Waals surface area contributed by atoms with Gasteiger partial charge in [0.15, 0.2) is 23.3 Å². The van der Waals surface area contributed by atoms with E-state index in [1.54, 1.807) is 12.7 Å². The lowest BCUT2D eigenvalue weighted by Crippen LogP contribution is -2.02. The molecule has 0 unspecified atom stereocenters. The van der Waals surface area contributed by atoms with E-state index in [-0.39, 0.29) is 0 Å². The molecular formula is C62H56N22. The lowest BCUT2D eigenvalue weighted by atomic mass is 10.2. The van der Waals surface area contributed by atoms with Crippen LogP contribution in [0, 0.1) is 20.8 Å². The Bertz CT molecular complexity index is 4350.